The van der Waals surface area contributed by atoms with Gasteiger partial charge in [-0.25, -0.2) is 13.1 Å². The first-order chi connectivity index (χ1) is 8.45. The first kappa shape index (κ1) is 14.9. The van der Waals surface area contributed by atoms with Gasteiger partial charge >= 0.3 is 0 Å². The number of sulfonamides is 1. The van der Waals surface area contributed by atoms with E-state index in [1.807, 2.05) is 13.8 Å². The quantitative estimate of drug-likeness (QED) is 0.730. The summed E-state index contributed by atoms with van der Waals surface area (Å²) in [5.41, 5.74) is 0. The minimum Gasteiger partial charge on any atom is -0.491 e. The summed E-state index contributed by atoms with van der Waals surface area (Å²) in [6, 6.07) is 6.25. The van der Waals surface area contributed by atoms with E-state index in [0.717, 1.165) is 0 Å². The predicted octanol–water partition coefficient (Wildman–Crippen LogP) is 1.13. The maximum absolute atomic E-state index is 11.8. The lowest BCUT2D eigenvalue weighted by atomic mass is 10.3. The number of nitrogens with one attached hydrogen (secondary N) is 1. The van der Waals surface area contributed by atoms with Gasteiger partial charge in [-0.2, -0.15) is 0 Å². The molecule has 0 bridgehead atoms. The summed E-state index contributed by atoms with van der Waals surface area (Å²) in [6.45, 7) is 4.00. The first-order valence-corrected chi connectivity index (χ1v) is 7.31. The van der Waals surface area contributed by atoms with Crippen molar-refractivity contribution in [2.75, 3.05) is 13.2 Å². The maximum Gasteiger partial charge on any atom is 0.240 e. The average molecular weight is 273 g/mol. The highest BCUT2D eigenvalue weighted by molar-refractivity contribution is 7.89. The van der Waals surface area contributed by atoms with Crippen LogP contribution in [0.15, 0.2) is 29.2 Å². The fourth-order valence-corrected chi connectivity index (χ4v) is 2.41. The Bertz CT molecular complexity index is 453. The van der Waals surface area contributed by atoms with Crippen molar-refractivity contribution in [2.24, 2.45) is 0 Å². The lowest BCUT2D eigenvalue weighted by Gasteiger charge is -2.10. The van der Waals surface area contributed by atoms with Crippen molar-refractivity contribution in [1.29, 1.82) is 0 Å². The Hall–Kier alpha value is -1.11. The van der Waals surface area contributed by atoms with Crippen LogP contribution in [0, 0.1) is 0 Å². The van der Waals surface area contributed by atoms with Crippen LogP contribution in [0.5, 0.6) is 5.75 Å². The summed E-state index contributed by atoms with van der Waals surface area (Å²) in [7, 11) is -3.49. The van der Waals surface area contributed by atoms with E-state index in [1.54, 1.807) is 12.1 Å². The van der Waals surface area contributed by atoms with Crippen molar-refractivity contribution in [1.82, 2.24) is 4.72 Å². The van der Waals surface area contributed by atoms with E-state index < -0.39 is 10.0 Å². The highest BCUT2D eigenvalue weighted by atomic mass is 32.2. The van der Waals surface area contributed by atoms with Crippen molar-refractivity contribution in [3.05, 3.63) is 24.3 Å². The zero-order valence-corrected chi connectivity index (χ0v) is 11.4. The van der Waals surface area contributed by atoms with Crippen molar-refractivity contribution in [3.63, 3.8) is 0 Å². The van der Waals surface area contributed by atoms with Crippen LogP contribution in [0.2, 0.25) is 0 Å². The summed E-state index contributed by atoms with van der Waals surface area (Å²) in [6.07, 6.45) is 0.448. The Morgan fingerprint density at radius 1 is 1.28 bits per heavy atom. The van der Waals surface area contributed by atoms with Gasteiger partial charge in [-0.1, -0.05) is 0 Å². The number of rotatable bonds is 7. The van der Waals surface area contributed by atoms with Gasteiger partial charge in [0.25, 0.3) is 0 Å². The van der Waals surface area contributed by atoms with Gasteiger partial charge in [0.05, 0.1) is 11.0 Å². The van der Waals surface area contributed by atoms with Crippen LogP contribution in [-0.2, 0) is 10.0 Å². The number of hydrogen-bond donors (Lipinski definition) is 2. The van der Waals surface area contributed by atoms with Crippen LogP contribution in [0.4, 0.5) is 0 Å². The lowest BCUT2D eigenvalue weighted by molar-refractivity contribution is 0.242. The predicted molar refractivity (Wildman–Crippen MR) is 69.1 cm³/mol. The van der Waals surface area contributed by atoms with Crippen LogP contribution in [0.3, 0.4) is 0 Å². The highest BCUT2D eigenvalue weighted by Gasteiger charge is 2.13. The summed E-state index contributed by atoms with van der Waals surface area (Å²) in [5.74, 6) is 0.638. The van der Waals surface area contributed by atoms with Gasteiger partial charge in [-0.05, 0) is 44.5 Å². The first-order valence-electron chi connectivity index (χ1n) is 5.83. The number of benzene rings is 1. The van der Waals surface area contributed by atoms with Crippen molar-refractivity contribution in [3.8, 4) is 5.75 Å². The molecule has 0 aromatic heterocycles. The van der Waals surface area contributed by atoms with Gasteiger partial charge < -0.3 is 9.84 Å². The number of ether oxygens (including phenoxy) is 1. The molecule has 1 aromatic carbocycles. The Balaban J connectivity index is 2.71. The van der Waals surface area contributed by atoms with Crippen LogP contribution in [-0.4, -0.2) is 32.8 Å². The largest absolute Gasteiger partial charge is 0.491 e. The topological polar surface area (TPSA) is 75.6 Å². The van der Waals surface area contributed by atoms with Gasteiger partial charge in [-0.15, -0.1) is 0 Å². The molecule has 0 spiro atoms. The molecule has 18 heavy (non-hydrogen) atoms. The van der Waals surface area contributed by atoms with Gasteiger partial charge in [0.15, 0.2) is 0 Å². The van der Waals surface area contributed by atoms with Crippen LogP contribution >= 0.6 is 0 Å². The third-order valence-corrected chi connectivity index (χ3v) is 3.61. The normalized spacial score (nSPS) is 11.8. The van der Waals surface area contributed by atoms with E-state index in [1.165, 1.54) is 12.1 Å². The van der Waals surface area contributed by atoms with Gasteiger partial charge in [0, 0.05) is 13.2 Å². The molecule has 0 radical (unpaired) electrons. The molecule has 0 heterocycles. The molecule has 6 heteroatoms. The fourth-order valence-electron chi connectivity index (χ4n) is 1.34. The number of aliphatic hydroxyl groups excluding tert-OH is 1. The van der Waals surface area contributed by atoms with E-state index in [2.05, 4.69) is 4.72 Å². The Labute approximate surface area is 108 Å². The second-order valence-corrected chi connectivity index (χ2v) is 5.88. The van der Waals surface area contributed by atoms with Crippen LogP contribution in [0.1, 0.15) is 20.3 Å². The van der Waals surface area contributed by atoms with Gasteiger partial charge in [0.2, 0.25) is 10.0 Å². The van der Waals surface area contributed by atoms with E-state index >= 15 is 0 Å². The molecule has 1 rings (SSSR count). The molecule has 0 aliphatic heterocycles. The molecule has 0 amide bonds. The summed E-state index contributed by atoms with van der Waals surface area (Å²) in [5, 5.41) is 8.60. The summed E-state index contributed by atoms with van der Waals surface area (Å²) in [4.78, 5) is 0.191. The molecule has 0 saturated heterocycles. The van der Waals surface area contributed by atoms with Gasteiger partial charge in [-0.3, -0.25) is 0 Å². The lowest BCUT2D eigenvalue weighted by Crippen LogP contribution is -2.25. The number of hydrogen-bond acceptors (Lipinski definition) is 4. The second kappa shape index (κ2) is 6.72. The van der Waals surface area contributed by atoms with Crippen molar-refractivity contribution < 1.29 is 18.3 Å². The van der Waals surface area contributed by atoms with Crippen LogP contribution in [0.25, 0.3) is 0 Å². The molecule has 0 fully saturated rings. The smallest absolute Gasteiger partial charge is 0.240 e. The number of aliphatic hydroxyl groups is 1. The van der Waals surface area contributed by atoms with E-state index in [-0.39, 0.29) is 24.2 Å². The monoisotopic (exact) mass is 273 g/mol. The summed E-state index contributed by atoms with van der Waals surface area (Å²) >= 11 is 0. The second-order valence-electron chi connectivity index (χ2n) is 4.11. The van der Waals surface area contributed by atoms with Gasteiger partial charge in [0.1, 0.15) is 5.75 Å². The standard InChI is InChI=1S/C12H19NO4S/c1-10(2)17-11-4-6-12(7-5-11)18(15,16)13-8-3-9-14/h4-7,10,13-14H,3,8-9H2,1-2H3. The highest BCUT2D eigenvalue weighted by Crippen LogP contribution is 2.16. The molecule has 0 saturated carbocycles. The molecular weight excluding hydrogens is 254 g/mol. The maximum atomic E-state index is 11.8. The van der Waals surface area contributed by atoms with E-state index in [0.29, 0.717) is 12.2 Å². The minimum absolute atomic E-state index is 0.0380. The molecule has 1 aromatic rings. The molecular formula is C12H19NO4S. The molecule has 0 atom stereocenters. The summed E-state index contributed by atoms with van der Waals surface area (Å²) < 4.78 is 31.5. The third kappa shape index (κ3) is 4.64. The molecule has 2 N–H and O–H groups in total. The molecule has 0 aliphatic rings. The fraction of sp³-hybridized carbons (Fsp3) is 0.500. The molecule has 0 unspecified atom stereocenters. The molecule has 5 nitrogen and oxygen atoms in total. The minimum atomic E-state index is -3.49. The van der Waals surface area contributed by atoms with Crippen LogP contribution < -0.4 is 9.46 Å². The Kier molecular flexibility index (Phi) is 5.58. The third-order valence-electron chi connectivity index (χ3n) is 2.13. The Morgan fingerprint density at radius 2 is 1.89 bits per heavy atom. The van der Waals surface area contributed by atoms with Crippen molar-refractivity contribution in [2.45, 2.75) is 31.3 Å². The molecule has 0 aliphatic carbocycles. The average Bonchev–Trinajstić information content (AvgIpc) is 2.29. The zero-order valence-electron chi connectivity index (χ0n) is 10.6. The van der Waals surface area contributed by atoms with Crippen molar-refractivity contribution >= 4 is 10.0 Å². The Morgan fingerprint density at radius 3 is 2.39 bits per heavy atom. The molecule has 102 valence electrons. The van der Waals surface area contributed by atoms with E-state index in [9.17, 15) is 8.42 Å². The zero-order chi connectivity index (χ0) is 13.6. The SMILES string of the molecule is CC(C)Oc1ccc(S(=O)(=O)NCCCO)cc1. The van der Waals surface area contributed by atoms with E-state index in [4.69, 9.17) is 9.84 Å².